The van der Waals surface area contributed by atoms with Crippen molar-refractivity contribution in [3.63, 3.8) is 0 Å². The van der Waals surface area contributed by atoms with Gasteiger partial charge in [0.2, 0.25) is 0 Å². The Hall–Kier alpha value is -1.34. The first-order valence-corrected chi connectivity index (χ1v) is 7.44. The number of H-pyrrole nitrogens is 1. The van der Waals surface area contributed by atoms with Crippen LogP contribution in [0.5, 0.6) is 0 Å². The Morgan fingerprint density at radius 3 is 2.79 bits per heavy atom. The van der Waals surface area contributed by atoms with Gasteiger partial charge in [0.15, 0.2) is 5.78 Å². The topological polar surface area (TPSA) is 79.2 Å². The van der Waals surface area contributed by atoms with Gasteiger partial charge in [-0.1, -0.05) is 6.92 Å². The minimum absolute atomic E-state index is 0.0813. The van der Waals surface area contributed by atoms with E-state index < -0.39 is 4.92 Å². The lowest BCUT2D eigenvalue weighted by atomic mass is 10.2. The molecule has 0 amide bonds. The Balaban J connectivity index is 2.64. The largest absolute Gasteiger partial charge is 0.353 e. The van der Waals surface area contributed by atoms with E-state index in [9.17, 15) is 14.9 Å². The van der Waals surface area contributed by atoms with Gasteiger partial charge in [0.1, 0.15) is 0 Å². The Morgan fingerprint density at radius 1 is 1.63 bits per heavy atom. The minimum Gasteiger partial charge on any atom is -0.353 e. The van der Waals surface area contributed by atoms with E-state index in [2.05, 4.69) is 11.9 Å². The number of Topliss-reactive ketones (excluding diaryl/α,β-unsaturated/α-hetero) is 1. The first kappa shape index (κ1) is 15.7. The van der Waals surface area contributed by atoms with Crippen molar-refractivity contribution in [2.24, 2.45) is 0 Å². The van der Waals surface area contributed by atoms with Gasteiger partial charge in [0.05, 0.1) is 23.4 Å². The molecule has 7 heteroatoms. The van der Waals surface area contributed by atoms with Gasteiger partial charge in [-0.25, -0.2) is 0 Å². The highest BCUT2D eigenvalue weighted by Crippen LogP contribution is 2.14. The van der Waals surface area contributed by atoms with Crippen LogP contribution in [-0.2, 0) is 0 Å². The Bertz CT molecular complexity index is 447. The van der Waals surface area contributed by atoms with Crippen LogP contribution in [0.1, 0.15) is 23.8 Å². The normalized spacial score (nSPS) is 12.6. The summed E-state index contributed by atoms with van der Waals surface area (Å²) >= 11 is 1.74. The number of nitrogens with one attached hydrogen (secondary N) is 1. The number of nitro groups is 1. The average molecular weight is 285 g/mol. The number of rotatable bonds is 8. The van der Waals surface area contributed by atoms with Crippen molar-refractivity contribution in [1.29, 1.82) is 0 Å². The number of aromatic nitrogens is 1. The smallest absolute Gasteiger partial charge is 0.287 e. The van der Waals surface area contributed by atoms with Gasteiger partial charge in [0, 0.05) is 17.9 Å². The van der Waals surface area contributed by atoms with Gasteiger partial charge >= 0.3 is 0 Å². The van der Waals surface area contributed by atoms with E-state index in [1.807, 2.05) is 18.2 Å². The number of thioether (sulfide) groups is 1. The highest BCUT2D eigenvalue weighted by atomic mass is 32.2. The van der Waals surface area contributed by atoms with E-state index in [4.69, 9.17) is 0 Å². The molecule has 0 bridgehead atoms. The molecule has 0 aliphatic carbocycles. The molecule has 6 nitrogen and oxygen atoms in total. The molecule has 0 aliphatic rings. The lowest BCUT2D eigenvalue weighted by molar-refractivity contribution is -0.384. The maximum atomic E-state index is 12.0. The van der Waals surface area contributed by atoms with Crippen molar-refractivity contribution in [2.45, 2.75) is 19.4 Å². The van der Waals surface area contributed by atoms with Crippen LogP contribution in [0.3, 0.4) is 0 Å². The number of ketones is 1. The summed E-state index contributed by atoms with van der Waals surface area (Å²) in [6.45, 7) is 2.35. The second-order valence-corrected chi connectivity index (χ2v) is 5.30. The van der Waals surface area contributed by atoms with E-state index in [0.29, 0.717) is 6.04 Å². The van der Waals surface area contributed by atoms with Crippen LogP contribution < -0.4 is 0 Å². The standard InChI is InChI=1S/C12H19N3O3S/c1-4-9(8-19-3)14(2)7-12(16)11-5-10(6-13-11)15(17)18/h5-6,9,13H,4,7-8H2,1-3H3. The molecule has 1 heterocycles. The molecule has 0 spiro atoms. The molecule has 0 aliphatic heterocycles. The molecular weight excluding hydrogens is 266 g/mol. The fraction of sp³-hybridized carbons (Fsp3) is 0.583. The molecule has 0 saturated carbocycles. The molecule has 0 radical (unpaired) electrons. The van der Waals surface area contributed by atoms with Crippen LogP contribution in [0.2, 0.25) is 0 Å². The maximum absolute atomic E-state index is 12.0. The summed E-state index contributed by atoms with van der Waals surface area (Å²) in [6.07, 6.45) is 4.24. The van der Waals surface area contributed by atoms with Crippen molar-refractivity contribution >= 4 is 23.2 Å². The van der Waals surface area contributed by atoms with Crippen molar-refractivity contribution in [3.8, 4) is 0 Å². The van der Waals surface area contributed by atoms with E-state index >= 15 is 0 Å². The zero-order valence-corrected chi connectivity index (χ0v) is 12.2. The molecule has 1 N–H and O–H groups in total. The number of aromatic amines is 1. The second kappa shape index (κ2) is 7.30. The molecular formula is C12H19N3O3S. The quantitative estimate of drug-likeness (QED) is 0.450. The fourth-order valence-corrected chi connectivity index (χ4v) is 2.71. The van der Waals surface area contributed by atoms with E-state index in [0.717, 1.165) is 12.2 Å². The molecule has 0 saturated heterocycles. The third kappa shape index (κ3) is 4.36. The van der Waals surface area contributed by atoms with Crippen molar-refractivity contribution in [3.05, 3.63) is 28.1 Å². The molecule has 1 aromatic rings. The summed E-state index contributed by atoms with van der Waals surface area (Å²) in [4.78, 5) is 26.7. The number of carbonyl (C=O) groups excluding carboxylic acids is 1. The first-order chi connectivity index (χ1) is 8.99. The molecule has 1 aromatic heterocycles. The van der Waals surface area contributed by atoms with Gasteiger partial charge in [-0.3, -0.25) is 19.8 Å². The number of carbonyl (C=O) groups is 1. The summed E-state index contributed by atoms with van der Waals surface area (Å²) < 4.78 is 0. The second-order valence-electron chi connectivity index (χ2n) is 4.38. The maximum Gasteiger partial charge on any atom is 0.287 e. The fourth-order valence-electron chi connectivity index (χ4n) is 1.84. The minimum atomic E-state index is -0.514. The summed E-state index contributed by atoms with van der Waals surface area (Å²) in [5.74, 6) is 0.834. The molecule has 106 valence electrons. The summed E-state index contributed by atoms with van der Waals surface area (Å²) in [6, 6.07) is 1.62. The molecule has 19 heavy (non-hydrogen) atoms. The van der Waals surface area contributed by atoms with E-state index in [1.165, 1.54) is 12.3 Å². The summed E-state index contributed by atoms with van der Waals surface area (Å²) in [7, 11) is 1.90. The molecule has 1 unspecified atom stereocenters. The average Bonchev–Trinajstić information content (AvgIpc) is 2.85. The predicted molar refractivity (Wildman–Crippen MR) is 76.9 cm³/mol. The van der Waals surface area contributed by atoms with Gasteiger partial charge in [-0.2, -0.15) is 11.8 Å². The number of hydrogen-bond donors (Lipinski definition) is 1. The third-order valence-electron chi connectivity index (χ3n) is 3.03. The summed E-state index contributed by atoms with van der Waals surface area (Å²) in [5.41, 5.74) is 0.208. The highest BCUT2D eigenvalue weighted by Gasteiger charge is 2.19. The zero-order chi connectivity index (χ0) is 14.4. The van der Waals surface area contributed by atoms with Gasteiger partial charge in [0.25, 0.3) is 5.69 Å². The van der Waals surface area contributed by atoms with Gasteiger partial charge in [-0.15, -0.1) is 0 Å². The number of likely N-dealkylation sites (N-methyl/N-ethyl adjacent to an activating group) is 1. The lowest BCUT2D eigenvalue weighted by Gasteiger charge is -2.25. The van der Waals surface area contributed by atoms with Crippen LogP contribution >= 0.6 is 11.8 Å². The van der Waals surface area contributed by atoms with E-state index in [-0.39, 0.29) is 23.7 Å². The van der Waals surface area contributed by atoms with Crippen LogP contribution in [0.4, 0.5) is 5.69 Å². The van der Waals surface area contributed by atoms with Crippen molar-refractivity contribution in [2.75, 3.05) is 25.6 Å². The Labute approximate surface area is 116 Å². The Morgan fingerprint density at radius 2 is 2.32 bits per heavy atom. The van der Waals surface area contributed by atoms with E-state index in [1.54, 1.807) is 11.8 Å². The van der Waals surface area contributed by atoms with Crippen LogP contribution in [0, 0.1) is 10.1 Å². The first-order valence-electron chi connectivity index (χ1n) is 6.04. The molecule has 0 aromatic carbocycles. The Kier molecular flexibility index (Phi) is 6.04. The lowest BCUT2D eigenvalue weighted by Crippen LogP contribution is -2.37. The SMILES string of the molecule is CCC(CSC)N(C)CC(=O)c1cc([N+](=O)[O-])c[nH]1. The third-order valence-corrected chi connectivity index (χ3v) is 3.74. The van der Waals surface area contributed by atoms with Crippen molar-refractivity contribution < 1.29 is 9.72 Å². The van der Waals surface area contributed by atoms with Crippen LogP contribution in [0.15, 0.2) is 12.3 Å². The molecule has 1 atom stereocenters. The zero-order valence-electron chi connectivity index (χ0n) is 11.4. The molecule has 0 fully saturated rings. The van der Waals surface area contributed by atoms with Crippen molar-refractivity contribution in [1.82, 2.24) is 9.88 Å². The van der Waals surface area contributed by atoms with Gasteiger partial charge < -0.3 is 4.98 Å². The van der Waals surface area contributed by atoms with Crippen LogP contribution in [0.25, 0.3) is 0 Å². The number of hydrogen-bond acceptors (Lipinski definition) is 5. The monoisotopic (exact) mass is 285 g/mol. The highest BCUT2D eigenvalue weighted by molar-refractivity contribution is 7.98. The van der Waals surface area contributed by atoms with Crippen LogP contribution in [-0.4, -0.2) is 52.2 Å². The summed E-state index contributed by atoms with van der Waals surface area (Å²) in [5, 5.41) is 10.6. The number of nitrogens with zero attached hydrogens (tertiary/aromatic N) is 2. The van der Waals surface area contributed by atoms with Gasteiger partial charge in [-0.05, 0) is 19.7 Å². The molecule has 1 rings (SSSR count). The predicted octanol–water partition coefficient (Wildman–Crippen LogP) is 2.18.